The van der Waals surface area contributed by atoms with Crippen molar-refractivity contribution in [3.8, 4) is 0 Å². The highest BCUT2D eigenvalue weighted by molar-refractivity contribution is 5.76. The molecule has 1 aliphatic rings. The molecule has 148 valence electrons. The number of nitro groups is 1. The van der Waals surface area contributed by atoms with Crippen molar-refractivity contribution in [1.82, 2.24) is 5.32 Å². The number of nitro benzene ring substituents is 1. The third-order valence-electron chi connectivity index (χ3n) is 5.11. The highest BCUT2D eigenvalue weighted by Gasteiger charge is 2.22. The molecule has 1 amide bonds. The first-order valence-corrected chi connectivity index (χ1v) is 9.75. The van der Waals surface area contributed by atoms with Crippen LogP contribution in [0.25, 0.3) is 0 Å². The van der Waals surface area contributed by atoms with Crippen LogP contribution in [0.3, 0.4) is 0 Å². The molecule has 28 heavy (non-hydrogen) atoms. The van der Waals surface area contributed by atoms with E-state index in [1.54, 1.807) is 12.1 Å². The second-order valence-electron chi connectivity index (χ2n) is 7.13. The lowest BCUT2D eigenvalue weighted by atomic mass is 10.1. The molecule has 0 aliphatic carbocycles. The van der Waals surface area contributed by atoms with Crippen molar-refractivity contribution in [1.29, 1.82) is 0 Å². The average molecular weight is 383 g/mol. The van der Waals surface area contributed by atoms with Gasteiger partial charge < -0.3 is 15.1 Å². The van der Waals surface area contributed by atoms with Gasteiger partial charge in [0.05, 0.1) is 31.1 Å². The number of piperazine rings is 1. The number of anilines is 1. The Hall–Kier alpha value is -2.93. The van der Waals surface area contributed by atoms with Gasteiger partial charge >= 0.3 is 0 Å². The first kappa shape index (κ1) is 19.8. The van der Waals surface area contributed by atoms with Gasteiger partial charge in [-0.1, -0.05) is 30.3 Å². The molecule has 2 aromatic rings. The Morgan fingerprint density at radius 2 is 1.75 bits per heavy atom. The fourth-order valence-corrected chi connectivity index (χ4v) is 3.50. The van der Waals surface area contributed by atoms with E-state index in [0.717, 1.165) is 44.7 Å². The third kappa shape index (κ3) is 5.79. The van der Waals surface area contributed by atoms with Gasteiger partial charge in [-0.2, -0.15) is 0 Å². The monoisotopic (exact) mass is 383 g/mol. The van der Waals surface area contributed by atoms with Crippen molar-refractivity contribution in [2.75, 3.05) is 44.2 Å². The predicted octanol–water partition coefficient (Wildman–Crippen LogP) is 1.05. The normalized spacial score (nSPS) is 14.6. The minimum Gasteiger partial charge on any atom is -0.360 e. The van der Waals surface area contributed by atoms with Gasteiger partial charge in [-0.05, 0) is 30.5 Å². The summed E-state index contributed by atoms with van der Waals surface area (Å²) in [5.41, 5.74) is 2.40. The summed E-state index contributed by atoms with van der Waals surface area (Å²) in [6.45, 7) is 4.65. The van der Waals surface area contributed by atoms with Crippen LogP contribution in [0.4, 0.5) is 11.4 Å². The van der Waals surface area contributed by atoms with E-state index < -0.39 is 0 Å². The van der Waals surface area contributed by atoms with Crippen molar-refractivity contribution >= 4 is 17.3 Å². The highest BCUT2D eigenvalue weighted by atomic mass is 16.6. The van der Waals surface area contributed by atoms with Gasteiger partial charge in [0.25, 0.3) is 11.6 Å². The molecule has 0 saturated carbocycles. The number of carbonyl (C=O) groups excluding carboxylic acids is 1. The van der Waals surface area contributed by atoms with Crippen LogP contribution in [-0.4, -0.2) is 50.1 Å². The van der Waals surface area contributed by atoms with Gasteiger partial charge in [-0.25, -0.2) is 0 Å². The maximum Gasteiger partial charge on any atom is 0.275 e. The number of hydrogen-bond donors (Lipinski definition) is 2. The zero-order chi connectivity index (χ0) is 19.8. The number of benzene rings is 2. The number of nitrogens with one attached hydrogen (secondary N) is 2. The van der Waals surface area contributed by atoms with Crippen LogP contribution in [0.2, 0.25) is 0 Å². The summed E-state index contributed by atoms with van der Waals surface area (Å²) in [7, 11) is 0. The summed E-state index contributed by atoms with van der Waals surface area (Å²) in [6.07, 6.45) is 1.92. The molecule has 0 bridgehead atoms. The van der Waals surface area contributed by atoms with Crippen molar-refractivity contribution in [2.45, 2.75) is 12.8 Å². The van der Waals surface area contributed by atoms with Gasteiger partial charge in [0.2, 0.25) is 0 Å². The quantitative estimate of drug-likeness (QED) is 0.406. The number of amides is 1. The number of hydrogen-bond acceptors (Lipinski definition) is 4. The molecule has 1 saturated heterocycles. The SMILES string of the molecule is O=C(C[NH+]1CCN(c2ccc([N+](=O)[O-])cc2)CC1)NCCCc1ccccc1. The molecule has 1 fully saturated rings. The summed E-state index contributed by atoms with van der Waals surface area (Å²) in [5.74, 6) is 0.104. The maximum absolute atomic E-state index is 12.2. The van der Waals surface area contributed by atoms with Gasteiger partial charge in [0.15, 0.2) is 6.54 Å². The highest BCUT2D eigenvalue weighted by Crippen LogP contribution is 2.19. The van der Waals surface area contributed by atoms with Crippen molar-refractivity contribution in [3.05, 3.63) is 70.3 Å². The second kappa shape index (κ2) is 9.85. The molecular formula is C21H27N4O3+. The zero-order valence-electron chi connectivity index (χ0n) is 16.0. The van der Waals surface area contributed by atoms with Crippen LogP contribution in [-0.2, 0) is 11.2 Å². The fraction of sp³-hybridized carbons (Fsp3) is 0.381. The summed E-state index contributed by atoms with van der Waals surface area (Å²) in [5, 5.41) is 13.8. The molecule has 1 aliphatic heterocycles. The van der Waals surface area contributed by atoms with E-state index in [1.165, 1.54) is 22.6 Å². The summed E-state index contributed by atoms with van der Waals surface area (Å²) in [6, 6.07) is 17.0. The molecule has 1 heterocycles. The minimum atomic E-state index is -0.385. The Kier molecular flexibility index (Phi) is 6.97. The van der Waals surface area contributed by atoms with Crippen LogP contribution < -0.4 is 15.1 Å². The zero-order valence-corrected chi connectivity index (χ0v) is 16.0. The van der Waals surface area contributed by atoms with Gasteiger partial charge in [-0.15, -0.1) is 0 Å². The van der Waals surface area contributed by atoms with E-state index in [4.69, 9.17) is 0 Å². The number of nitrogens with zero attached hydrogens (tertiary/aromatic N) is 2. The van der Waals surface area contributed by atoms with Crippen LogP contribution in [0.1, 0.15) is 12.0 Å². The van der Waals surface area contributed by atoms with Gasteiger partial charge in [0.1, 0.15) is 0 Å². The van der Waals surface area contributed by atoms with Gasteiger partial charge in [-0.3, -0.25) is 14.9 Å². The van der Waals surface area contributed by atoms with E-state index in [1.807, 2.05) is 18.2 Å². The number of quaternary nitrogens is 1. The number of rotatable bonds is 8. The van der Waals surface area contributed by atoms with E-state index in [9.17, 15) is 14.9 Å². The lowest BCUT2D eigenvalue weighted by Gasteiger charge is -2.33. The Morgan fingerprint density at radius 1 is 1.07 bits per heavy atom. The Balaban J connectivity index is 1.34. The van der Waals surface area contributed by atoms with Crippen LogP contribution in [0, 0.1) is 10.1 Å². The third-order valence-corrected chi connectivity index (χ3v) is 5.11. The van der Waals surface area contributed by atoms with Gasteiger partial charge in [0, 0.05) is 24.4 Å². The molecule has 0 spiro atoms. The molecular weight excluding hydrogens is 356 g/mol. The molecule has 3 rings (SSSR count). The molecule has 7 nitrogen and oxygen atoms in total. The molecule has 2 N–H and O–H groups in total. The predicted molar refractivity (Wildman–Crippen MR) is 109 cm³/mol. The van der Waals surface area contributed by atoms with E-state index in [-0.39, 0.29) is 16.5 Å². The van der Waals surface area contributed by atoms with E-state index in [2.05, 4.69) is 22.3 Å². The Morgan fingerprint density at radius 3 is 2.39 bits per heavy atom. The second-order valence-corrected chi connectivity index (χ2v) is 7.13. The molecule has 7 heteroatoms. The number of non-ortho nitro benzene ring substituents is 1. The summed E-state index contributed by atoms with van der Waals surface area (Å²) < 4.78 is 0. The van der Waals surface area contributed by atoms with E-state index in [0.29, 0.717) is 13.1 Å². The standard InChI is InChI=1S/C21H26N4O3/c26-21(22-12-4-7-18-5-2-1-3-6-18)17-23-13-15-24(16-14-23)19-8-10-20(11-9-19)25(27)28/h1-3,5-6,8-11H,4,7,12-17H2,(H,22,26)/p+1. The minimum absolute atomic E-state index is 0.104. The van der Waals surface area contributed by atoms with Crippen LogP contribution in [0.15, 0.2) is 54.6 Å². The summed E-state index contributed by atoms with van der Waals surface area (Å²) in [4.78, 5) is 26.0. The first-order valence-electron chi connectivity index (χ1n) is 9.75. The average Bonchev–Trinajstić information content (AvgIpc) is 2.73. The van der Waals surface area contributed by atoms with E-state index >= 15 is 0 Å². The van der Waals surface area contributed by atoms with Crippen molar-refractivity contribution < 1.29 is 14.6 Å². The number of carbonyl (C=O) groups is 1. The molecule has 0 unspecified atom stereocenters. The molecule has 0 radical (unpaired) electrons. The number of aryl methyl sites for hydroxylation is 1. The molecule has 0 atom stereocenters. The van der Waals surface area contributed by atoms with Crippen LogP contribution in [0.5, 0.6) is 0 Å². The van der Waals surface area contributed by atoms with Crippen molar-refractivity contribution in [2.24, 2.45) is 0 Å². The first-order chi connectivity index (χ1) is 13.6. The lowest BCUT2D eigenvalue weighted by molar-refractivity contribution is -0.892. The smallest absolute Gasteiger partial charge is 0.275 e. The summed E-state index contributed by atoms with van der Waals surface area (Å²) >= 11 is 0. The Bertz CT molecular complexity index is 772. The topological polar surface area (TPSA) is 79.9 Å². The van der Waals surface area contributed by atoms with Crippen LogP contribution >= 0.6 is 0 Å². The maximum atomic E-state index is 12.2. The Labute approximate surface area is 165 Å². The van der Waals surface area contributed by atoms with Crippen molar-refractivity contribution in [3.63, 3.8) is 0 Å². The fourth-order valence-electron chi connectivity index (χ4n) is 3.50. The molecule has 0 aromatic heterocycles. The molecule has 2 aromatic carbocycles. The lowest BCUT2D eigenvalue weighted by Crippen LogP contribution is -3.15. The largest absolute Gasteiger partial charge is 0.360 e.